The van der Waals surface area contributed by atoms with Crippen molar-refractivity contribution in [1.82, 2.24) is 14.8 Å². The van der Waals surface area contributed by atoms with Gasteiger partial charge in [-0.15, -0.1) is 0 Å². The van der Waals surface area contributed by atoms with E-state index in [0.29, 0.717) is 11.3 Å². The minimum absolute atomic E-state index is 0.0127. The summed E-state index contributed by atoms with van der Waals surface area (Å²) in [6.45, 7) is 8.93. The predicted molar refractivity (Wildman–Crippen MR) is 109 cm³/mol. The van der Waals surface area contributed by atoms with Crippen LogP contribution in [0.15, 0.2) is 38.8 Å². The van der Waals surface area contributed by atoms with Crippen molar-refractivity contribution in [2.45, 2.75) is 45.9 Å². The SMILES string of the molecule is C/C=C\C1=C(C)C2(CN1C(=O)OC(C)(C)C)NC(=O)c1c(Cl)cc(Br)c(=O)n12. The minimum Gasteiger partial charge on any atom is -0.443 e. The molecule has 0 saturated heterocycles. The lowest BCUT2D eigenvalue weighted by Crippen LogP contribution is -2.52. The largest absolute Gasteiger partial charge is 0.443 e. The topological polar surface area (TPSA) is 80.6 Å². The van der Waals surface area contributed by atoms with Crippen molar-refractivity contribution in [3.05, 3.63) is 55.0 Å². The van der Waals surface area contributed by atoms with Crippen LogP contribution in [0.2, 0.25) is 5.02 Å². The Morgan fingerprint density at radius 2 is 2.04 bits per heavy atom. The minimum atomic E-state index is -1.23. The Hall–Kier alpha value is -2.06. The molecule has 1 spiro atoms. The molecule has 3 rings (SSSR count). The fraction of sp³-hybridized carbons (Fsp3) is 0.421. The second-order valence-corrected chi connectivity index (χ2v) is 8.98. The monoisotopic (exact) mass is 469 g/mol. The summed E-state index contributed by atoms with van der Waals surface area (Å²) in [7, 11) is 0. The third-order valence-corrected chi connectivity index (χ3v) is 5.50. The smallest absolute Gasteiger partial charge is 0.414 e. The molecule has 3 heterocycles. The summed E-state index contributed by atoms with van der Waals surface area (Å²) in [4.78, 5) is 39.9. The highest BCUT2D eigenvalue weighted by Gasteiger charge is 2.53. The number of allylic oxidation sites excluding steroid dienone is 2. The number of halogens is 2. The van der Waals surface area contributed by atoms with Gasteiger partial charge >= 0.3 is 6.09 Å². The van der Waals surface area contributed by atoms with Crippen molar-refractivity contribution in [3.63, 3.8) is 0 Å². The van der Waals surface area contributed by atoms with Gasteiger partial charge in [-0.2, -0.15) is 0 Å². The summed E-state index contributed by atoms with van der Waals surface area (Å²) in [5.41, 5.74) is -1.07. The van der Waals surface area contributed by atoms with Crippen molar-refractivity contribution in [2.24, 2.45) is 0 Å². The van der Waals surface area contributed by atoms with Gasteiger partial charge in [0.25, 0.3) is 11.5 Å². The average molecular weight is 471 g/mol. The Morgan fingerprint density at radius 1 is 1.39 bits per heavy atom. The molecule has 0 aromatic carbocycles. The van der Waals surface area contributed by atoms with E-state index < -0.39 is 28.8 Å². The van der Waals surface area contributed by atoms with Crippen LogP contribution in [0.3, 0.4) is 0 Å². The first-order valence-electron chi connectivity index (χ1n) is 8.71. The third kappa shape index (κ3) is 3.08. The molecule has 150 valence electrons. The lowest BCUT2D eigenvalue weighted by molar-refractivity contribution is 0.0296. The lowest BCUT2D eigenvalue weighted by atomic mass is 10.0. The van der Waals surface area contributed by atoms with Gasteiger partial charge in [-0.05, 0) is 68.3 Å². The number of ether oxygens (including phenoxy) is 1. The van der Waals surface area contributed by atoms with Crippen LogP contribution in [-0.2, 0) is 10.4 Å². The first-order valence-corrected chi connectivity index (χ1v) is 9.88. The van der Waals surface area contributed by atoms with Crippen molar-refractivity contribution >= 4 is 39.5 Å². The molecule has 1 N–H and O–H groups in total. The van der Waals surface area contributed by atoms with E-state index in [4.69, 9.17) is 16.3 Å². The zero-order chi connectivity index (χ0) is 21.0. The molecule has 0 bridgehead atoms. The molecule has 0 fully saturated rings. The molecule has 7 nitrogen and oxygen atoms in total. The van der Waals surface area contributed by atoms with E-state index in [2.05, 4.69) is 21.2 Å². The molecule has 2 aliphatic heterocycles. The number of rotatable bonds is 1. The number of hydrogen-bond acceptors (Lipinski definition) is 4. The standard InChI is InChI=1S/C19H21BrClN3O4/c1-6-7-13-10(2)19(9-23(13)17(27)28-18(3,4)5)22-15(25)14-12(21)8-11(20)16(26)24(14)19/h6-8H,9H2,1-5H3,(H,22,25)/b7-6-. The summed E-state index contributed by atoms with van der Waals surface area (Å²) >= 11 is 9.46. The second kappa shape index (κ2) is 6.77. The fourth-order valence-corrected chi connectivity index (χ4v) is 4.32. The van der Waals surface area contributed by atoms with Crippen LogP contribution in [0.5, 0.6) is 0 Å². The maximum Gasteiger partial charge on any atom is 0.414 e. The van der Waals surface area contributed by atoms with Crippen LogP contribution in [0.1, 0.15) is 45.1 Å². The van der Waals surface area contributed by atoms with Crippen LogP contribution >= 0.6 is 27.5 Å². The van der Waals surface area contributed by atoms with Crippen LogP contribution in [0, 0.1) is 0 Å². The summed E-state index contributed by atoms with van der Waals surface area (Å²) in [5, 5.41) is 3.02. The normalized spacial score (nSPS) is 21.7. The van der Waals surface area contributed by atoms with Crippen molar-refractivity contribution in [3.8, 4) is 0 Å². The lowest BCUT2D eigenvalue weighted by Gasteiger charge is -2.30. The van der Waals surface area contributed by atoms with Crippen molar-refractivity contribution in [1.29, 1.82) is 0 Å². The number of nitrogens with zero attached hydrogens (tertiary/aromatic N) is 2. The molecule has 1 aromatic rings. The van der Waals surface area contributed by atoms with E-state index in [1.165, 1.54) is 15.5 Å². The summed E-state index contributed by atoms with van der Waals surface area (Å²) in [5.74, 6) is -0.472. The van der Waals surface area contributed by atoms with Gasteiger partial charge in [0.05, 0.1) is 21.7 Å². The first kappa shape index (κ1) is 20.7. The van der Waals surface area contributed by atoms with Gasteiger partial charge in [0.2, 0.25) is 0 Å². The highest BCUT2D eigenvalue weighted by Crippen LogP contribution is 2.41. The second-order valence-electron chi connectivity index (χ2n) is 7.72. The molecule has 9 heteroatoms. The molecule has 0 aliphatic carbocycles. The zero-order valence-electron chi connectivity index (χ0n) is 16.2. The number of nitrogens with one attached hydrogen (secondary N) is 1. The van der Waals surface area contributed by atoms with Crippen LogP contribution < -0.4 is 10.9 Å². The van der Waals surface area contributed by atoms with E-state index in [0.717, 1.165) is 0 Å². The van der Waals surface area contributed by atoms with E-state index in [-0.39, 0.29) is 21.7 Å². The molecule has 2 amide bonds. The van der Waals surface area contributed by atoms with Crippen LogP contribution in [0.4, 0.5) is 4.79 Å². The van der Waals surface area contributed by atoms with Crippen LogP contribution in [-0.4, -0.2) is 33.6 Å². The van der Waals surface area contributed by atoms with Gasteiger partial charge in [0.1, 0.15) is 11.3 Å². The molecule has 28 heavy (non-hydrogen) atoms. The molecule has 1 aromatic heterocycles. The van der Waals surface area contributed by atoms with Gasteiger partial charge in [-0.25, -0.2) is 4.79 Å². The predicted octanol–water partition coefficient (Wildman–Crippen LogP) is 3.76. The molecule has 2 aliphatic rings. The third-order valence-electron chi connectivity index (χ3n) is 4.65. The molecular weight excluding hydrogens is 450 g/mol. The molecule has 1 unspecified atom stereocenters. The Balaban J connectivity index is 2.22. The Kier molecular flexibility index (Phi) is 5.00. The molecular formula is C19H21BrClN3O4. The summed E-state index contributed by atoms with van der Waals surface area (Å²) < 4.78 is 7.08. The average Bonchev–Trinajstić information content (AvgIpc) is 3.01. The maximum absolute atomic E-state index is 12.9. The van der Waals surface area contributed by atoms with Gasteiger partial charge < -0.3 is 10.1 Å². The summed E-state index contributed by atoms with van der Waals surface area (Å²) in [6, 6.07) is 1.40. The van der Waals surface area contributed by atoms with E-state index >= 15 is 0 Å². The molecule has 1 atom stereocenters. The van der Waals surface area contributed by atoms with Crippen LogP contribution in [0.25, 0.3) is 0 Å². The number of carbonyl (C=O) groups excluding carboxylic acids is 2. The number of pyridine rings is 1. The Morgan fingerprint density at radius 3 is 2.61 bits per heavy atom. The van der Waals surface area contributed by atoms with E-state index in [9.17, 15) is 14.4 Å². The van der Waals surface area contributed by atoms with Gasteiger partial charge in [-0.3, -0.25) is 19.1 Å². The maximum atomic E-state index is 12.9. The van der Waals surface area contributed by atoms with Gasteiger partial charge in [0.15, 0.2) is 5.66 Å². The van der Waals surface area contributed by atoms with Crippen molar-refractivity contribution in [2.75, 3.05) is 6.54 Å². The number of fused-ring (bicyclic) bond motifs is 2. The Bertz CT molecular complexity index is 1010. The Labute approximate surface area is 176 Å². The highest BCUT2D eigenvalue weighted by atomic mass is 79.9. The highest BCUT2D eigenvalue weighted by molar-refractivity contribution is 9.10. The summed E-state index contributed by atoms with van der Waals surface area (Å²) in [6.07, 6.45) is 2.97. The zero-order valence-corrected chi connectivity index (χ0v) is 18.6. The number of carbonyl (C=O) groups is 2. The number of hydrogen-bond donors (Lipinski definition) is 1. The fourth-order valence-electron chi connectivity index (χ4n) is 3.50. The van der Waals surface area contributed by atoms with Gasteiger partial charge in [-0.1, -0.05) is 17.7 Å². The van der Waals surface area contributed by atoms with Gasteiger partial charge in [0, 0.05) is 0 Å². The van der Waals surface area contributed by atoms with E-state index in [1.807, 2.05) is 6.92 Å². The number of amides is 2. The van der Waals surface area contributed by atoms with E-state index in [1.54, 1.807) is 39.8 Å². The number of aromatic nitrogens is 1. The first-order chi connectivity index (χ1) is 12.9. The molecule has 0 radical (unpaired) electrons. The quantitative estimate of drug-likeness (QED) is 0.678. The van der Waals surface area contributed by atoms with Crippen molar-refractivity contribution < 1.29 is 14.3 Å². The molecule has 0 saturated carbocycles.